The van der Waals surface area contributed by atoms with Gasteiger partial charge < -0.3 is 5.11 Å². The average molecular weight is 465 g/mol. The van der Waals surface area contributed by atoms with Gasteiger partial charge in [-0.3, -0.25) is 0 Å². The Hall–Kier alpha value is -3.72. The molecule has 3 heteroatoms. The van der Waals surface area contributed by atoms with E-state index in [0.29, 0.717) is 18.4 Å². The fourth-order valence-corrected chi connectivity index (χ4v) is 5.69. The van der Waals surface area contributed by atoms with Crippen LogP contribution in [0.5, 0.6) is 5.75 Å². The molecule has 0 spiro atoms. The Bertz CT molecular complexity index is 1530. The average Bonchev–Trinajstić information content (AvgIpc) is 2.88. The van der Waals surface area contributed by atoms with Crippen molar-refractivity contribution in [3.63, 3.8) is 0 Å². The molecule has 0 bridgehead atoms. The quantitative estimate of drug-likeness (QED) is 0.322. The summed E-state index contributed by atoms with van der Waals surface area (Å²) >= 11 is 0. The number of phenols is 1. The number of rotatable bonds is 4. The third kappa shape index (κ3) is 3.95. The molecule has 1 N–H and O–H groups in total. The van der Waals surface area contributed by atoms with Crippen molar-refractivity contribution in [2.24, 2.45) is 0 Å². The molecular weight excluding hydrogens is 438 g/mol. The Kier molecular flexibility index (Phi) is 5.49. The standard InChI is InChI=1S/C32H26F2O/c33-24-7-3-5-20(17-24)11-12-22-18-29-23(19-30(22)28-9-4-10-31(34)32(28)35)14-16-26-25-8-2-1-6-21(25)13-15-27(26)29/h2-5,7-10,14,16-19,35H,1,6,11-13,15H2. The second-order valence-corrected chi connectivity index (χ2v) is 9.55. The van der Waals surface area contributed by atoms with Gasteiger partial charge in [-0.25, -0.2) is 8.78 Å². The maximum absolute atomic E-state index is 14.3. The van der Waals surface area contributed by atoms with Crippen LogP contribution in [0.1, 0.15) is 41.5 Å². The van der Waals surface area contributed by atoms with Crippen molar-refractivity contribution in [3.8, 4) is 16.9 Å². The number of halogens is 2. The molecule has 1 nitrogen and oxygen atoms in total. The van der Waals surface area contributed by atoms with E-state index in [0.717, 1.165) is 47.8 Å². The molecule has 2 aliphatic rings. The highest BCUT2D eigenvalue weighted by molar-refractivity contribution is 5.97. The van der Waals surface area contributed by atoms with Crippen LogP contribution in [-0.2, 0) is 19.3 Å². The van der Waals surface area contributed by atoms with E-state index in [1.807, 2.05) is 6.07 Å². The predicted molar refractivity (Wildman–Crippen MR) is 138 cm³/mol. The second kappa shape index (κ2) is 8.81. The molecule has 2 aliphatic carbocycles. The third-order valence-electron chi connectivity index (χ3n) is 7.45. The van der Waals surface area contributed by atoms with Gasteiger partial charge in [0.25, 0.3) is 0 Å². The van der Waals surface area contributed by atoms with Crippen LogP contribution in [0.15, 0.2) is 84.5 Å². The molecule has 0 unspecified atom stereocenters. The summed E-state index contributed by atoms with van der Waals surface area (Å²) in [7, 11) is 0. The topological polar surface area (TPSA) is 20.2 Å². The van der Waals surface area contributed by atoms with Crippen LogP contribution in [0, 0.1) is 11.6 Å². The molecule has 0 saturated heterocycles. The maximum atomic E-state index is 14.3. The minimum atomic E-state index is -0.632. The van der Waals surface area contributed by atoms with Crippen molar-refractivity contribution >= 4 is 16.3 Å². The van der Waals surface area contributed by atoms with Gasteiger partial charge in [0.1, 0.15) is 5.82 Å². The highest BCUT2D eigenvalue weighted by atomic mass is 19.1. The van der Waals surface area contributed by atoms with E-state index in [4.69, 9.17) is 0 Å². The van der Waals surface area contributed by atoms with Crippen LogP contribution < -0.4 is 0 Å². The molecule has 0 aliphatic heterocycles. The van der Waals surface area contributed by atoms with E-state index >= 15 is 0 Å². The van der Waals surface area contributed by atoms with Gasteiger partial charge in [0, 0.05) is 5.56 Å². The van der Waals surface area contributed by atoms with Crippen molar-refractivity contribution in [3.05, 3.63) is 118 Å². The van der Waals surface area contributed by atoms with Crippen LogP contribution in [0.3, 0.4) is 0 Å². The lowest BCUT2D eigenvalue weighted by Crippen LogP contribution is -2.07. The first-order chi connectivity index (χ1) is 17.1. The minimum Gasteiger partial charge on any atom is -0.504 e. The zero-order valence-electron chi connectivity index (χ0n) is 19.5. The zero-order valence-corrected chi connectivity index (χ0v) is 19.5. The maximum Gasteiger partial charge on any atom is 0.165 e. The van der Waals surface area contributed by atoms with Crippen LogP contribution in [0.2, 0.25) is 0 Å². The van der Waals surface area contributed by atoms with Crippen molar-refractivity contribution in [1.82, 2.24) is 0 Å². The fourth-order valence-electron chi connectivity index (χ4n) is 5.69. The van der Waals surface area contributed by atoms with E-state index in [2.05, 4.69) is 36.4 Å². The summed E-state index contributed by atoms with van der Waals surface area (Å²) in [5.41, 5.74) is 8.83. The molecule has 0 fully saturated rings. The highest BCUT2D eigenvalue weighted by Gasteiger charge is 2.22. The summed E-state index contributed by atoms with van der Waals surface area (Å²) in [4.78, 5) is 0. The molecule has 4 aromatic rings. The summed E-state index contributed by atoms with van der Waals surface area (Å²) < 4.78 is 28.1. The molecule has 174 valence electrons. The number of para-hydroxylation sites is 1. The number of phenolic OH excluding ortho intramolecular Hbond substituents is 1. The van der Waals surface area contributed by atoms with Crippen molar-refractivity contribution < 1.29 is 13.9 Å². The number of aryl methyl sites for hydroxylation is 3. The van der Waals surface area contributed by atoms with Gasteiger partial charge in [-0.05, 0) is 107 Å². The van der Waals surface area contributed by atoms with Crippen molar-refractivity contribution in [2.45, 2.75) is 38.5 Å². The Morgan fingerprint density at radius 2 is 1.66 bits per heavy atom. The first-order valence-corrected chi connectivity index (χ1v) is 12.3. The van der Waals surface area contributed by atoms with Crippen molar-refractivity contribution in [1.29, 1.82) is 0 Å². The van der Waals surface area contributed by atoms with E-state index in [1.54, 1.807) is 29.8 Å². The Balaban J connectivity index is 1.52. The molecule has 4 aromatic carbocycles. The number of hydrogen-bond donors (Lipinski definition) is 1. The first kappa shape index (κ1) is 21.8. The fraction of sp³-hybridized carbons (Fsp3) is 0.188. The molecule has 35 heavy (non-hydrogen) atoms. The van der Waals surface area contributed by atoms with Gasteiger partial charge in [-0.2, -0.15) is 0 Å². The van der Waals surface area contributed by atoms with E-state index < -0.39 is 5.82 Å². The minimum absolute atomic E-state index is 0.248. The number of benzene rings is 4. The first-order valence-electron chi connectivity index (χ1n) is 12.3. The molecule has 0 amide bonds. The number of aromatic hydroxyl groups is 1. The third-order valence-corrected chi connectivity index (χ3v) is 7.45. The smallest absolute Gasteiger partial charge is 0.165 e. The van der Waals surface area contributed by atoms with E-state index in [-0.39, 0.29) is 11.6 Å². The van der Waals surface area contributed by atoms with Crippen LogP contribution >= 0.6 is 0 Å². The summed E-state index contributed by atoms with van der Waals surface area (Å²) in [5, 5.41) is 12.8. The lowest BCUT2D eigenvalue weighted by molar-refractivity contribution is 0.434. The summed E-state index contributed by atoms with van der Waals surface area (Å²) in [6, 6.07) is 20.0. The predicted octanol–water partition coefficient (Wildman–Crippen LogP) is 8.33. The number of allylic oxidation sites excluding steroid dienone is 4. The molecule has 0 saturated carbocycles. The lowest BCUT2D eigenvalue weighted by Gasteiger charge is -2.26. The van der Waals surface area contributed by atoms with E-state index in [9.17, 15) is 13.9 Å². The van der Waals surface area contributed by atoms with E-state index in [1.165, 1.54) is 34.2 Å². The van der Waals surface area contributed by atoms with Gasteiger partial charge in [-0.1, -0.05) is 60.2 Å². The summed E-state index contributed by atoms with van der Waals surface area (Å²) in [6.07, 6.45) is 10.2. The Morgan fingerprint density at radius 3 is 2.54 bits per heavy atom. The summed E-state index contributed by atoms with van der Waals surface area (Å²) in [6.45, 7) is 0. The highest BCUT2D eigenvalue weighted by Crippen LogP contribution is 2.42. The van der Waals surface area contributed by atoms with Crippen LogP contribution in [0.4, 0.5) is 8.78 Å². The molecule has 0 atom stereocenters. The lowest BCUT2D eigenvalue weighted by atomic mass is 9.79. The van der Waals surface area contributed by atoms with Crippen LogP contribution in [0.25, 0.3) is 27.5 Å². The van der Waals surface area contributed by atoms with Gasteiger partial charge >= 0.3 is 0 Å². The van der Waals surface area contributed by atoms with Gasteiger partial charge in [0.15, 0.2) is 11.6 Å². The zero-order chi connectivity index (χ0) is 23.9. The molecular formula is C32H26F2O. The normalized spacial score (nSPS) is 14.8. The second-order valence-electron chi connectivity index (χ2n) is 9.55. The molecule has 0 aromatic heterocycles. The number of fused-ring (bicyclic) bond motifs is 4. The van der Waals surface area contributed by atoms with Gasteiger partial charge in [-0.15, -0.1) is 0 Å². The number of hydrogen-bond acceptors (Lipinski definition) is 1. The van der Waals surface area contributed by atoms with Gasteiger partial charge in [0.2, 0.25) is 0 Å². The molecule has 6 rings (SSSR count). The largest absolute Gasteiger partial charge is 0.504 e. The molecule has 0 radical (unpaired) electrons. The Morgan fingerprint density at radius 1 is 0.771 bits per heavy atom. The summed E-state index contributed by atoms with van der Waals surface area (Å²) in [5.74, 6) is -1.21. The van der Waals surface area contributed by atoms with Gasteiger partial charge in [0.05, 0.1) is 0 Å². The van der Waals surface area contributed by atoms with Crippen molar-refractivity contribution in [2.75, 3.05) is 0 Å². The molecule has 0 heterocycles. The Labute approximate surface area is 204 Å². The monoisotopic (exact) mass is 464 g/mol. The van der Waals surface area contributed by atoms with Crippen LogP contribution in [-0.4, -0.2) is 5.11 Å². The SMILES string of the molecule is Oc1c(F)cccc1-c1cc2ccc3c(c2cc1CCc1cccc(F)c1)CCC1=C3C=CCC1.